The van der Waals surface area contributed by atoms with Gasteiger partial charge in [0.2, 0.25) is 0 Å². The zero-order valence-corrected chi connectivity index (χ0v) is 14.2. The molecule has 27 heavy (non-hydrogen) atoms. The Morgan fingerprint density at radius 1 is 1.04 bits per heavy atom. The molecule has 1 aromatic heterocycles. The smallest absolute Gasteiger partial charge is 0.271 e. The molecular weight excluding hydrogens is 346 g/mol. The van der Waals surface area contributed by atoms with Gasteiger partial charge >= 0.3 is 0 Å². The summed E-state index contributed by atoms with van der Waals surface area (Å²) in [7, 11) is 0. The number of rotatable bonds is 5. The number of non-ortho nitro benzene ring substituents is 1. The summed E-state index contributed by atoms with van der Waals surface area (Å²) in [6, 6.07) is 17.9. The van der Waals surface area contributed by atoms with Gasteiger partial charge in [0.1, 0.15) is 12.4 Å². The van der Waals surface area contributed by atoms with E-state index >= 15 is 0 Å². The van der Waals surface area contributed by atoms with Crippen LogP contribution in [0.1, 0.15) is 0 Å². The molecule has 0 bridgehead atoms. The third kappa shape index (κ3) is 3.35. The van der Waals surface area contributed by atoms with Gasteiger partial charge in [-0.05, 0) is 29.0 Å². The van der Waals surface area contributed by atoms with Crippen LogP contribution in [0.4, 0.5) is 5.69 Å². The maximum Gasteiger partial charge on any atom is 0.271 e. The molecule has 1 heterocycles. The Kier molecular flexibility index (Phi) is 4.25. The quantitative estimate of drug-likeness (QED) is 0.401. The standard InChI is InChI=1S/C20H15N3O4/c24-20-18-8-6-16(23(25)26)12-19(18)21-13-22(20)9-10-27-17-7-5-14-3-1-2-4-15(14)11-17/h1-8,11-13H,9-10H2. The second kappa shape index (κ2) is 6.87. The van der Waals surface area contributed by atoms with E-state index in [-0.39, 0.29) is 11.2 Å². The van der Waals surface area contributed by atoms with Crippen molar-refractivity contribution in [3.8, 4) is 5.75 Å². The molecule has 0 aliphatic rings. The summed E-state index contributed by atoms with van der Waals surface area (Å²) in [5.41, 5.74) is -0.0373. The first kappa shape index (κ1) is 16.7. The van der Waals surface area contributed by atoms with Crippen molar-refractivity contribution in [3.05, 3.63) is 87.5 Å². The number of ether oxygens (including phenoxy) is 1. The van der Waals surface area contributed by atoms with Crippen LogP contribution in [0.3, 0.4) is 0 Å². The monoisotopic (exact) mass is 361 g/mol. The van der Waals surface area contributed by atoms with Gasteiger partial charge < -0.3 is 4.74 Å². The molecule has 7 nitrogen and oxygen atoms in total. The number of nitro groups is 1. The highest BCUT2D eigenvalue weighted by molar-refractivity contribution is 5.83. The summed E-state index contributed by atoms with van der Waals surface area (Å²) in [6.07, 6.45) is 1.39. The number of hydrogen-bond donors (Lipinski definition) is 0. The minimum atomic E-state index is -0.510. The summed E-state index contributed by atoms with van der Waals surface area (Å²) in [6.45, 7) is 0.629. The Bertz CT molecular complexity index is 1220. The van der Waals surface area contributed by atoms with Crippen molar-refractivity contribution in [3.63, 3.8) is 0 Å². The molecule has 134 valence electrons. The molecule has 4 rings (SSSR count). The fourth-order valence-electron chi connectivity index (χ4n) is 2.94. The zero-order valence-electron chi connectivity index (χ0n) is 14.2. The van der Waals surface area contributed by atoms with E-state index in [1.54, 1.807) is 0 Å². The Morgan fingerprint density at radius 2 is 1.85 bits per heavy atom. The minimum absolute atomic E-state index is 0.0909. The molecule has 0 N–H and O–H groups in total. The van der Waals surface area contributed by atoms with E-state index in [9.17, 15) is 14.9 Å². The largest absolute Gasteiger partial charge is 0.492 e. The van der Waals surface area contributed by atoms with Crippen molar-refractivity contribution in [2.24, 2.45) is 0 Å². The first-order valence-corrected chi connectivity index (χ1v) is 8.37. The fraction of sp³-hybridized carbons (Fsp3) is 0.100. The van der Waals surface area contributed by atoms with Crippen molar-refractivity contribution >= 4 is 27.4 Å². The average molecular weight is 361 g/mol. The van der Waals surface area contributed by atoms with Crippen LogP contribution >= 0.6 is 0 Å². The summed E-state index contributed by atoms with van der Waals surface area (Å²) in [5, 5.41) is 13.4. The summed E-state index contributed by atoms with van der Waals surface area (Å²) < 4.78 is 7.20. The van der Waals surface area contributed by atoms with Crippen molar-refractivity contribution < 1.29 is 9.66 Å². The number of benzene rings is 3. The molecule has 0 unspecified atom stereocenters. The highest BCUT2D eigenvalue weighted by atomic mass is 16.6. The van der Waals surface area contributed by atoms with Gasteiger partial charge in [-0.15, -0.1) is 0 Å². The summed E-state index contributed by atoms with van der Waals surface area (Å²) >= 11 is 0. The molecule has 0 saturated carbocycles. The molecule has 0 radical (unpaired) electrons. The van der Waals surface area contributed by atoms with Crippen LogP contribution in [-0.4, -0.2) is 21.1 Å². The molecule has 4 aromatic rings. The maximum absolute atomic E-state index is 12.5. The highest BCUT2D eigenvalue weighted by Crippen LogP contribution is 2.20. The topological polar surface area (TPSA) is 87.3 Å². The lowest BCUT2D eigenvalue weighted by atomic mass is 10.1. The fourth-order valence-corrected chi connectivity index (χ4v) is 2.94. The van der Waals surface area contributed by atoms with Crippen LogP contribution in [0.15, 0.2) is 71.8 Å². The highest BCUT2D eigenvalue weighted by Gasteiger charge is 2.10. The molecule has 0 atom stereocenters. The number of nitro benzene ring substituents is 1. The van der Waals surface area contributed by atoms with Crippen molar-refractivity contribution in [2.75, 3.05) is 6.61 Å². The second-order valence-corrected chi connectivity index (χ2v) is 6.06. The van der Waals surface area contributed by atoms with Crippen LogP contribution in [0.25, 0.3) is 21.7 Å². The number of fused-ring (bicyclic) bond motifs is 2. The van der Waals surface area contributed by atoms with Gasteiger partial charge in [0.15, 0.2) is 0 Å². The van der Waals surface area contributed by atoms with E-state index in [1.165, 1.54) is 29.1 Å². The normalized spacial score (nSPS) is 11.0. The van der Waals surface area contributed by atoms with Gasteiger partial charge in [0, 0.05) is 12.1 Å². The average Bonchev–Trinajstić information content (AvgIpc) is 2.69. The van der Waals surface area contributed by atoms with E-state index < -0.39 is 4.92 Å². The molecule has 0 fully saturated rings. The lowest BCUT2D eigenvalue weighted by molar-refractivity contribution is -0.384. The van der Waals surface area contributed by atoms with Gasteiger partial charge in [-0.2, -0.15) is 0 Å². The predicted molar refractivity (Wildman–Crippen MR) is 102 cm³/mol. The van der Waals surface area contributed by atoms with E-state index in [1.807, 2.05) is 42.5 Å². The van der Waals surface area contributed by atoms with Crippen molar-refractivity contribution in [2.45, 2.75) is 6.54 Å². The first-order chi connectivity index (χ1) is 13.1. The second-order valence-electron chi connectivity index (χ2n) is 6.06. The van der Waals surface area contributed by atoms with Crippen LogP contribution < -0.4 is 10.3 Å². The van der Waals surface area contributed by atoms with E-state index in [2.05, 4.69) is 4.98 Å². The Labute approximate surface area is 153 Å². The first-order valence-electron chi connectivity index (χ1n) is 8.37. The molecule has 3 aromatic carbocycles. The van der Waals surface area contributed by atoms with Crippen molar-refractivity contribution in [1.82, 2.24) is 9.55 Å². The molecule has 7 heteroatoms. The number of hydrogen-bond acceptors (Lipinski definition) is 5. The summed E-state index contributed by atoms with van der Waals surface area (Å²) in [5.74, 6) is 0.728. The third-order valence-electron chi connectivity index (χ3n) is 4.34. The molecule has 0 aliphatic carbocycles. The van der Waals surface area contributed by atoms with Crippen LogP contribution in [0.5, 0.6) is 5.75 Å². The van der Waals surface area contributed by atoms with Crippen LogP contribution in [0, 0.1) is 10.1 Å². The van der Waals surface area contributed by atoms with Gasteiger partial charge in [0.25, 0.3) is 11.2 Å². The zero-order chi connectivity index (χ0) is 18.8. The van der Waals surface area contributed by atoms with E-state index in [0.29, 0.717) is 24.1 Å². The Hall–Kier alpha value is -3.74. The van der Waals surface area contributed by atoms with Crippen LogP contribution in [-0.2, 0) is 6.54 Å². The van der Waals surface area contributed by atoms with Gasteiger partial charge in [-0.25, -0.2) is 4.98 Å². The molecule has 0 aliphatic heterocycles. The SMILES string of the molecule is O=c1c2ccc([N+](=O)[O-])cc2ncn1CCOc1ccc2ccccc2c1. The van der Waals surface area contributed by atoms with Gasteiger partial charge in [-0.3, -0.25) is 19.5 Å². The predicted octanol–water partition coefficient (Wildman–Crippen LogP) is 3.54. The van der Waals surface area contributed by atoms with Gasteiger partial charge in [0.05, 0.1) is 28.7 Å². The Balaban J connectivity index is 1.51. The van der Waals surface area contributed by atoms with E-state index in [4.69, 9.17) is 4.74 Å². The van der Waals surface area contributed by atoms with Crippen LogP contribution in [0.2, 0.25) is 0 Å². The molecular formula is C20H15N3O4. The molecule has 0 spiro atoms. The lowest BCUT2D eigenvalue weighted by Crippen LogP contribution is -2.23. The Morgan fingerprint density at radius 3 is 2.67 bits per heavy atom. The molecule has 0 saturated heterocycles. The van der Waals surface area contributed by atoms with E-state index in [0.717, 1.165) is 16.5 Å². The number of nitrogens with zero attached hydrogens (tertiary/aromatic N) is 3. The molecule has 0 amide bonds. The maximum atomic E-state index is 12.5. The summed E-state index contributed by atoms with van der Waals surface area (Å²) in [4.78, 5) is 27.0. The van der Waals surface area contributed by atoms with Crippen molar-refractivity contribution in [1.29, 1.82) is 0 Å². The lowest BCUT2D eigenvalue weighted by Gasteiger charge is -2.09. The minimum Gasteiger partial charge on any atom is -0.492 e. The third-order valence-corrected chi connectivity index (χ3v) is 4.34. The van der Waals surface area contributed by atoms with Gasteiger partial charge in [-0.1, -0.05) is 30.3 Å². The number of aromatic nitrogens is 2.